The molecule has 1 heterocycles. The third-order valence-electron chi connectivity index (χ3n) is 2.76. The molecule has 0 atom stereocenters. The van der Waals surface area contributed by atoms with Gasteiger partial charge in [0, 0.05) is 25.6 Å². The summed E-state index contributed by atoms with van der Waals surface area (Å²) in [5.41, 5.74) is 0. The molecule has 1 aromatic carbocycles. The Kier molecular flexibility index (Phi) is 3.62. The first-order chi connectivity index (χ1) is 7.78. The Hall–Kier alpha value is -1.29. The monoisotopic (exact) mass is 225 g/mol. The van der Waals surface area contributed by atoms with Crippen LogP contribution in [0.25, 0.3) is 0 Å². The van der Waals surface area contributed by atoms with Gasteiger partial charge in [-0.1, -0.05) is 0 Å². The molecular formula is C12H16FNO2. The van der Waals surface area contributed by atoms with Gasteiger partial charge in [0.15, 0.2) is 0 Å². The van der Waals surface area contributed by atoms with E-state index < -0.39 is 0 Å². The van der Waals surface area contributed by atoms with Crippen molar-refractivity contribution in [1.82, 2.24) is 4.90 Å². The van der Waals surface area contributed by atoms with Gasteiger partial charge in [-0.15, -0.1) is 0 Å². The normalized spacial score (nSPS) is 17.1. The summed E-state index contributed by atoms with van der Waals surface area (Å²) in [7, 11) is 0. The van der Waals surface area contributed by atoms with Crippen LogP contribution in [0.3, 0.4) is 0 Å². The van der Waals surface area contributed by atoms with Crippen molar-refractivity contribution >= 4 is 0 Å². The van der Waals surface area contributed by atoms with Gasteiger partial charge < -0.3 is 9.84 Å². The number of likely N-dealkylation sites (tertiary alicyclic amines) is 1. The summed E-state index contributed by atoms with van der Waals surface area (Å²) in [4.78, 5) is 2.17. The Balaban J connectivity index is 1.63. The molecule has 0 amide bonds. The van der Waals surface area contributed by atoms with Crippen molar-refractivity contribution in [3.05, 3.63) is 24.3 Å². The van der Waals surface area contributed by atoms with Crippen LogP contribution < -0.4 is 4.74 Å². The molecule has 0 saturated carbocycles. The SMILES string of the molecule is Oc1ccc(OCCN2CC(CF)C2)cc1. The number of rotatable bonds is 5. The number of alkyl halides is 1. The summed E-state index contributed by atoms with van der Waals surface area (Å²) in [5.74, 6) is 1.22. The number of phenolic OH excluding ortho intramolecular Hbond substituents is 1. The highest BCUT2D eigenvalue weighted by Crippen LogP contribution is 2.17. The van der Waals surface area contributed by atoms with Crippen molar-refractivity contribution in [1.29, 1.82) is 0 Å². The number of ether oxygens (including phenoxy) is 1. The van der Waals surface area contributed by atoms with E-state index in [4.69, 9.17) is 9.84 Å². The lowest BCUT2D eigenvalue weighted by Gasteiger charge is -2.37. The van der Waals surface area contributed by atoms with Crippen LogP contribution in [0.1, 0.15) is 0 Å². The summed E-state index contributed by atoms with van der Waals surface area (Å²) >= 11 is 0. The predicted octanol–water partition coefficient (Wildman–Crippen LogP) is 1.67. The average Bonchev–Trinajstić information content (AvgIpc) is 2.24. The molecule has 0 spiro atoms. The average molecular weight is 225 g/mol. The van der Waals surface area contributed by atoms with Crippen LogP contribution in [0.4, 0.5) is 4.39 Å². The molecule has 4 heteroatoms. The van der Waals surface area contributed by atoms with E-state index in [1.807, 2.05) is 0 Å². The van der Waals surface area contributed by atoms with E-state index in [9.17, 15) is 4.39 Å². The fourth-order valence-corrected chi connectivity index (χ4v) is 1.79. The molecule has 1 aliphatic rings. The molecule has 1 aliphatic heterocycles. The zero-order valence-electron chi connectivity index (χ0n) is 9.10. The standard InChI is InChI=1S/C12H16FNO2/c13-7-10-8-14(9-10)5-6-16-12-3-1-11(15)2-4-12/h1-4,10,15H,5-9H2. The highest BCUT2D eigenvalue weighted by atomic mass is 19.1. The highest BCUT2D eigenvalue weighted by Gasteiger charge is 2.25. The molecule has 1 fully saturated rings. The van der Waals surface area contributed by atoms with Crippen molar-refractivity contribution < 1.29 is 14.2 Å². The largest absolute Gasteiger partial charge is 0.508 e. The minimum absolute atomic E-state index is 0.213. The van der Waals surface area contributed by atoms with Crippen molar-refractivity contribution in [3.8, 4) is 11.5 Å². The molecule has 88 valence electrons. The Bertz CT molecular complexity index is 322. The smallest absolute Gasteiger partial charge is 0.119 e. The Morgan fingerprint density at radius 1 is 1.31 bits per heavy atom. The van der Waals surface area contributed by atoms with Gasteiger partial charge in [0.05, 0.1) is 6.67 Å². The fraction of sp³-hybridized carbons (Fsp3) is 0.500. The van der Waals surface area contributed by atoms with Gasteiger partial charge in [-0.3, -0.25) is 9.29 Å². The van der Waals surface area contributed by atoms with Gasteiger partial charge in [-0.05, 0) is 24.3 Å². The van der Waals surface area contributed by atoms with E-state index in [-0.39, 0.29) is 18.3 Å². The Labute approximate surface area is 94.4 Å². The Morgan fingerprint density at radius 2 is 2.00 bits per heavy atom. The topological polar surface area (TPSA) is 32.7 Å². The lowest BCUT2D eigenvalue weighted by atomic mass is 10.0. The molecule has 1 aromatic rings. The molecule has 1 saturated heterocycles. The summed E-state index contributed by atoms with van der Waals surface area (Å²) in [6, 6.07) is 6.65. The second-order valence-electron chi connectivity index (χ2n) is 4.12. The first-order valence-electron chi connectivity index (χ1n) is 5.48. The summed E-state index contributed by atoms with van der Waals surface area (Å²) < 4.78 is 17.6. The van der Waals surface area contributed by atoms with Crippen molar-refractivity contribution in [2.45, 2.75) is 0 Å². The van der Waals surface area contributed by atoms with Crippen LogP contribution in [0.5, 0.6) is 11.5 Å². The maximum Gasteiger partial charge on any atom is 0.119 e. The number of hydrogen-bond acceptors (Lipinski definition) is 3. The molecule has 0 bridgehead atoms. The van der Waals surface area contributed by atoms with Crippen LogP contribution in [-0.2, 0) is 0 Å². The minimum atomic E-state index is -0.213. The third-order valence-corrected chi connectivity index (χ3v) is 2.76. The summed E-state index contributed by atoms with van der Waals surface area (Å²) in [5, 5.41) is 9.07. The van der Waals surface area contributed by atoms with E-state index in [1.165, 1.54) is 0 Å². The number of phenols is 1. The maximum atomic E-state index is 12.2. The number of aromatic hydroxyl groups is 1. The van der Waals surface area contributed by atoms with Crippen molar-refractivity contribution in [2.24, 2.45) is 5.92 Å². The molecule has 3 nitrogen and oxygen atoms in total. The van der Waals surface area contributed by atoms with Gasteiger partial charge in [-0.2, -0.15) is 0 Å². The van der Waals surface area contributed by atoms with Crippen LogP contribution in [0.2, 0.25) is 0 Å². The number of benzene rings is 1. The van der Waals surface area contributed by atoms with E-state index >= 15 is 0 Å². The Morgan fingerprint density at radius 3 is 2.62 bits per heavy atom. The molecule has 0 aliphatic carbocycles. The van der Waals surface area contributed by atoms with Gasteiger partial charge in [0.1, 0.15) is 18.1 Å². The molecule has 16 heavy (non-hydrogen) atoms. The second-order valence-corrected chi connectivity index (χ2v) is 4.12. The van der Waals surface area contributed by atoms with Crippen LogP contribution in [0, 0.1) is 5.92 Å². The summed E-state index contributed by atoms with van der Waals surface area (Å²) in [6.07, 6.45) is 0. The number of halogens is 1. The van der Waals surface area contributed by atoms with E-state index in [2.05, 4.69) is 4.90 Å². The number of nitrogens with zero attached hydrogens (tertiary/aromatic N) is 1. The predicted molar refractivity (Wildman–Crippen MR) is 59.5 cm³/mol. The van der Waals surface area contributed by atoms with E-state index in [0.717, 1.165) is 25.4 Å². The highest BCUT2D eigenvalue weighted by molar-refractivity contribution is 5.29. The first kappa shape index (κ1) is 11.2. The zero-order valence-corrected chi connectivity index (χ0v) is 9.10. The number of hydrogen-bond donors (Lipinski definition) is 1. The first-order valence-corrected chi connectivity index (χ1v) is 5.48. The lowest BCUT2D eigenvalue weighted by Crippen LogP contribution is -2.49. The third kappa shape index (κ3) is 2.85. The minimum Gasteiger partial charge on any atom is -0.508 e. The quantitative estimate of drug-likeness (QED) is 0.827. The molecule has 2 rings (SSSR count). The lowest BCUT2D eigenvalue weighted by molar-refractivity contribution is 0.0668. The van der Waals surface area contributed by atoms with Crippen LogP contribution >= 0.6 is 0 Å². The summed E-state index contributed by atoms with van der Waals surface area (Å²) in [6.45, 7) is 2.90. The zero-order chi connectivity index (χ0) is 11.4. The van der Waals surface area contributed by atoms with Crippen molar-refractivity contribution in [2.75, 3.05) is 32.9 Å². The maximum absolute atomic E-state index is 12.2. The molecule has 0 radical (unpaired) electrons. The fourth-order valence-electron chi connectivity index (χ4n) is 1.79. The van der Waals surface area contributed by atoms with Crippen LogP contribution in [0.15, 0.2) is 24.3 Å². The van der Waals surface area contributed by atoms with Crippen molar-refractivity contribution in [3.63, 3.8) is 0 Å². The van der Waals surface area contributed by atoms with Gasteiger partial charge >= 0.3 is 0 Å². The van der Waals surface area contributed by atoms with Gasteiger partial charge in [-0.25, -0.2) is 0 Å². The molecule has 0 aromatic heterocycles. The van der Waals surface area contributed by atoms with Crippen LogP contribution in [-0.4, -0.2) is 42.9 Å². The molecule has 0 unspecified atom stereocenters. The van der Waals surface area contributed by atoms with E-state index in [0.29, 0.717) is 6.61 Å². The van der Waals surface area contributed by atoms with Gasteiger partial charge in [0.2, 0.25) is 0 Å². The van der Waals surface area contributed by atoms with Gasteiger partial charge in [0.25, 0.3) is 0 Å². The molecular weight excluding hydrogens is 209 g/mol. The molecule has 1 N–H and O–H groups in total. The van der Waals surface area contributed by atoms with E-state index in [1.54, 1.807) is 24.3 Å². The second kappa shape index (κ2) is 5.16.